The van der Waals surface area contributed by atoms with Crippen molar-refractivity contribution in [2.45, 2.75) is 32.1 Å². The molecule has 1 rings (SSSR count). The number of rotatable bonds is 3. The van der Waals surface area contributed by atoms with Crippen LogP contribution in [0.5, 0.6) is 0 Å². The van der Waals surface area contributed by atoms with Crippen molar-refractivity contribution < 1.29 is 9.94 Å². The lowest BCUT2D eigenvalue weighted by Crippen LogP contribution is -2.15. The predicted octanol–water partition coefficient (Wildman–Crippen LogP) is 2.04. The van der Waals surface area contributed by atoms with Crippen LogP contribution in [0.15, 0.2) is 5.16 Å². The molecule has 0 aliphatic heterocycles. The number of methoxy groups -OCH3 is 1. The van der Waals surface area contributed by atoms with Crippen LogP contribution in [0, 0.1) is 5.92 Å². The number of oxime groups is 1. The molecule has 0 aromatic rings. The third kappa shape index (κ3) is 2.81. The van der Waals surface area contributed by atoms with Gasteiger partial charge in [-0.25, -0.2) is 0 Å². The zero-order chi connectivity index (χ0) is 8.81. The molecule has 0 amide bonds. The van der Waals surface area contributed by atoms with Gasteiger partial charge in [0.1, 0.15) is 0 Å². The molecule has 0 saturated heterocycles. The van der Waals surface area contributed by atoms with Gasteiger partial charge in [0.05, 0.1) is 5.71 Å². The summed E-state index contributed by atoms with van der Waals surface area (Å²) < 4.78 is 5.02. The highest BCUT2D eigenvalue weighted by Crippen LogP contribution is 2.24. The van der Waals surface area contributed by atoms with Crippen molar-refractivity contribution in [3.8, 4) is 0 Å². The fourth-order valence-corrected chi connectivity index (χ4v) is 1.68. The number of nitrogens with zero attached hydrogens (tertiary/aromatic N) is 1. The molecule has 1 saturated carbocycles. The average molecular weight is 171 g/mol. The molecule has 3 heteroatoms. The van der Waals surface area contributed by atoms with Crippen molar-refractivity contribution in [3.05, 3.63) is 0 Å². The average Bonchev–Trinajstić information content (AvgIpc) is 2.15. The van der Waals surface area contributed by atoms with Crippen molar-refractivity contribution in [2.75, 3.05) is 13.7 Å². The number of ether oxygens (including phenoxy) is 1. The number of hydrogen-bond acceptors (Lipinski definition) is 3. The van der Waals surface area contributed by atoms with Gasteiger partial charge in [-0.2, -0.15) is 0 Å². The van der Waals surface area contributed by atoms with E-state index in [0.29, 0.717) is 0 Å². The first-order valence-electron chi connectivity index (χ1n) is 4.55. The molecule has 0 aromatic heterocycles. The highest BCUT2D eigenvalue weighted by atomic mass is 16.5. The second-order valence-corrected chi connectivity index (χ2v) is 3.39. The van der Waals surface area contributed by atoms with E-state index >= 15 is 0 Å². The first-order valence-corrected chi connectivity index (χ1v) is 4.55. The van der Waals surface area contributed by atoms with Crippen molar-refractivity contribution in [1.82, 2.24) is 0 Å². The molecule has 0 heterocycles. The van der Waals surface area contributed by atoms with Crippen molar-refractivity contribution in [2.24, 2.45) is 11.1 Å². The van der Waals surface area contributed by atoms with Crippen LogP contribution in [0.1, 0.15) is 32.1 Å². The summed E-state index contributed by atoms with van der Waals surface area (Å²) in [4.78, 5) is 0. The molecule has 1 aliphatic rings. The van der Waals surface area contributed by atoms with Gasteiger partial charge in [0.25, 0.3) is 0 Å². The topological polar surface area (TPSA) is 41.8 Å². The maximum absolute atomic E-state index is 8.52. The Morgan fingerprint density at radius 1 is 1.50 bits per heavy atom. The monoisotopic (exact) mass is 171 g/mol. The first-order chi connectivity index (χ1) is 5.86. The summed E-state index contributed by atoms with van der Waals surface area (Å²) in [7, 11) is 1.74. The second-order valence-electron chi connectivity index (χ2n) is 3.39. The van der Waals surface area contributed by atoms with E-state index in [1.165, 1.54) is 0 Å². The van der Waals surface area contributed by atoms with Crippen molar-refractivity contribution in [3.63, 3.8) is 0 Å². The van der Waals surface area contributed by atoms with Crippen LogP contribution in [0.3, 0.4) is 0 Å². The molecule has 0 aromatic carbocycles. The highest BCUT2D eigenvalue weighted by Gasteiger charge is 2.17. The van der Waals surface area contributed by atoms with E-state index in [0.717, 1.165) is 50.3 Å². The van der Waals surface area contributed by atoms with Crippen molar-refractivity contribution in [1.29, 1.82) is 0 Å². The van der Waals surface area contributed by atoms with Gasteiger partial charge in [0.2, 0.25) is 0 Å². The lowest BCUT2D eigenvalue weighted by Gasteiger charge is -2.21. The normalized spacial score (nSPS) is 24.1. The molecule has 0 unspecified atom stereocenters. The molecule has 70 valence electrons. The molecule has 12 heavy (non-hydrogen) atoms. The Hall–Kier alpha value is -0.570. The summed E-state index contributed by atoms with van der Waals surface area (Å²) in [6.45, 7) is 0.857. The minimum Gasteiger partial charge on any atom is -0.411 e. The standard InChI is InChI=1S/C9H17NO2/c1-12-7-6-8-2-4-9(10-11)5-3-8/h8,11H,2-7H2,1H3. The molecule has 1 fully saturated rings. The fraction of sp³-hybridized carbons (Fsp3) is 0.889. The Morgan fingerprint density at radius 2 is 2.17 bits per heavy atom. The SMILES string of the molecule is COCCC1CCC(=NO)CC1. The third-order valence-corrected chi connectivity index (χ3v) is 2.55. The summed E-state index contributed by atoms with van der Waals surface area (Å²) in [5, 5.41) is 11.8. The van der Waals surface area contributed by atoms with E-state index in [1.54, 1.807) is 7.11 Å². The molecule has 0 spiro atoms. The van der Waals surface area contributed by atoms with Gasteiger partial charge >= 0.3 is 0 Å². The zero-order valence-corrected chi connectivity index (χ0v) is 7.62. The van der Waals surface area contributed by atoms with E-state index in [1.807, 2.05) is 0 Å². The Morgan fingerprint density at radius 3 is 2.67 bits per heavy atom. The van der Waals surface area contributed by atoms with Crippen LogP contribution in [-0.4, -0.2) is 24.6 Å². The summed E-state index contributed by atoms with van der Waals surface area (Å²) in [5.41, 5.74) is 0.962. The zero-order valence-electron chi connectivity index (χ0n) is 7.62. The Labute approximate surface area is 73.4 Å². The maximum Gasteiger partial charge on any atom is 0.0571 e. The fourth-order valence-electron chi connectivity index (χ4n) is 1.68. The van der Waals surface area contributed by atoms with E-state index in [-0.39, 0.29) is 0 Å². The summed E-state index contributed by atoms with van der Waals surface area (Å²) in [6.07, 6.45) is 5.39. The lowest BCUT2D eigenvalue weighted by atomic mass is 9.86. The van der Waals surface area contributed by atoms with E-state index in [2.05, 4.69) is 5.16 Å². The van der Waals surface area contributed by atoms with Gasteiger partial charge in [-0.1, -0.05) is 5.16 Å². The van der Waals surface area contributed by atoms with Crippen molar-refractivity contribution >= 4 is 5.71 Å². The van der Waals surface area contributed by atoms with Crippen LogP contribution < -0.4 is 0 Å². The Balaban J connectivity index is 2.17. The Kier molecular flexibility index (Phi) is 4.08. The molecule has 1 aliphatic carbocycles. The van der Waals surface area contributed by atoms with Gasteiger partial charge in [-0.15, -0.1) is 0 Å². The largest absolute Gasteiger partial charge is 0.411 e. The van der Waals surface area contributed by atoms with E-state index in [4.69, 9.17) is 9.94 Å². The van der Waals surface area contributed by atoms with Gasteiger partial charge in [0.15, 0.2) is 0 Å². The van der Waals surface area contributed by atoms with Crippen LogP contribution in [-0.2, 0) is 4.74 Å². The summed E-state index contributed by atoms with van der Waals surface area (Å²) >= 11 is 0. The van der Waals surface area contributed by atoms with Crippen LogP contribution in [0.2, 0.25) is 0 Å². The van der Waals surface area contributed by atoms with Gasteiger partial charge in [-0.05, 0) is 38.0 Å². The quantitative estimate of drug-likeness (QED) is 0.521. The highest BCUT2D eigenvalue weighted by molar-refractivity contribution is 5.84. The van der Waals surface area contributed by atoms with Gasteiger partial charge in [-0.3, -0.25) is 0 Å². The lowest BCUT2D eigenvalue weighted by molar-refractivity contribution is 0.171. The summed E-state index contributed by atoms with van der Waals surface area (Å²) in [6, 6.07) is 0. The van der Waals surface area contributed by atoms with Crippen LogP contribution in [0.4, 0.5) is 0 Å². The molecular formula is C9H17NO2. The second kappa shape index (κ2) is 5.14. The third-order valence-electron chi connectivity index (χ3n) is 2.55. The minimum absolute atomic E-state index is 0.774. The first kappa shape index (κ1) is 9.52. The maximum atomic E-state index is 8.52. The smallest absolute Gasteiger partial charge is 0.0571 e. The molecule has 0 radical (unpaired) electrons. The van der Waals surface area contributed by atoms with Crippen LogP contribution in [0.25, 0.3) is 0 Å². The predicted molar refractivity (Wildman–Crippen MR) is 47.7 cm³/mol. The van der Waals surface area contributed by atoms with E-state index in [9.17, 15) is 0 Å². The summed E-state index contributed by atoms with van der Waals surface area (Å²) in [5.74, 6) is 0.774. The molecular weight excluding hydrogens is 154 g/mol. The molecule has 0 bridgehead atoms. The number of hydrogen-bond donors (Lipinski definition) is 1. The van der Waals surface area contributed by atoms with Gasteiger partial charge < -0.3 is 9.94 Å². The molecule has 0 atom stereocenters. The van der Waals surface area contributed by atoms with Crippen LogP contribution >= 0.6 is 0 Å². The molecule has 3 nitrogen and oxygen atoms in total. The Bertz CT molecular complexity index is 147. The van der Waals surface area contributed by atoms with Gasteiger partial charge in [0, 0.05) is 13.7 Å². The molecule has 1 N–H and O–H groups in total. The van der Waals surface area contributed by atoms with E-state index < -0.39 is 0 Å². The minimum atomic E-state index is 0.774.